The molecule has 1 heterocycles. The zero-order chi connectivity index (χ0) is 29.5. The summed E-state index contributed by atoms with van der Waals surface area (Å²) in [5.74, 6) is -1.93. The summed E-state index contributed by atoms with van der Waals surface area (Å²) in [6.45, 7) is 4.25. The van der Waals surface area contributed by atoms with E-state index < -0.39 is 24.6 Å². The van der Waals surface area contributed by atoms with Gasteiger partial charge < -0.3 is 25.2 Å². The van der Waals surface area contributed by atoms with Crippen molar-refractivity contribution in [3.63, 3.8) is 0 Å². The van der Waals surface area contributed by atoms with Gasteiger partial charge >= 0.3 is 57.4 Å². The van der Waals surface area contributed by atoms with Gasteiger partial charge in [0.05, 0.1) is 29.9 Å². The average molecular weight is 599 g/mol. The number of aliphatic carboxylic acids is 1. The Balaban J connectivity index is 0.00000484. The van der Waals surface area contributed by atoms with Crippen molar-refractivity contribution in [2.75, 3.05) is 5.32 Å². The Morgan fingerprint density at radius 3 is 2.02 bits per heavy atom. The predicted molar refractivity (Wildman–Crippen MR) is 164 cm³/mol. The van der Waals surface area contributed by atoms with Crippen LogP contribution in [-0.2, 0) is 11.3 Å². The second-order valence-corrected chi connectivity index (χ2v) is 10.4. The fourth-order valence-electron chi connectivity index (χ4n) is 5.20. The van der Waals surface area contributed by atoms with Crippen LogP contribution in [0.1, 0.15) is 55.1 Å². The summed E-state index contributed by atoms with van der Waals surface area (Å²) in [6.07, 6.45) is -2.51. The minimum atomic E-state index is -1.18. The van der Waals surface area contributed by atoms with Gasteiger partial charge in [-0.2, -0.15) is 0 Å². The molecule has 0 radical (unpaired) electrons. The summed E-state index contributed by atoms with van der Waals surface area (Å²) in [4.78, 5) is 25.0. The van der Waals surface area contributed by atoms with Gasteiger partial charge in [0, 0.05) is 23.5 Å². The maximum absolute atomic E-state index is 14.0. The SMILES string of the molecule is CC(C)c1c(C(=O)Nc2ccccc2)c(-c2ccccc2)c(-c2ccc(F)cc2)n1CC[C@@H](O)C[C@@H](O)CC(=O)O.[KH]. The molecule has 1 aromatic heterocycles. The molecule has 0 bridgehead atoms. The number of aromatic nitrogens is 1. The van der Waals surface area contributed by atoms with Gasteiger partial charge in [-0.15, -0.1) is 0 Å². The first kappa shape index (κ1) is 33.9. The number of amides is 1. The van der Waals surface area contributed by atoms with Crippen molar-refractivity contribution in [1.82, 2.24) is 4.57 Å². The molecule has 216 valence electrons. The van der Waals surface area contributed by atoms with E-state index in [0.29, 0.717) is 28.1 Å². The number of benzene rings is 3. The first-order valence-electron chi connectivity index (χ1n) is 13.7. The molecule has 4 aromatic rings. The number of carboxylic acids is 1. The first-order chi connectivity index (χ1) is 19.7. The van der Waals surface area contributed by atoms with Crippen LogP contribution in [-0.4, -0.2) is 95.4 Å². The number of aliphatic hydroxyl groups excluding tert-OH is 2. The summed E-state index contributed by atoms with van der Waals surface area (Å²) in [6, 6.07) is 24.8. The molecule has 1 amide bonds. The monoisotopic (exact) mass is 598 g/mol. The van der Waals surface area contributed by atoms with Gasteiger partial charge in [-0.05, 0) is 66.3 Å². The van der Waals surface area contributed by atoms with Gasteiger partial charge in [-0.1, -0.05) is 62.4 Å². The summed E-state index contributed by atoms with van der Waals surface area (Å²) < 4.78 is 16.0. The van der Waals surface area contributed by atoms with Crippen LogP contribution in [0, 0.1) is 5.82 Å². The van der Waals surface area contributed by atoms with E-state index >= 15 is 0 Å². The summed E-state index contributed by atoms with van der Waals surface area (Å²) >= 11 is 0. The quantitative estimate of drug-likeness (QED) is 0.157. The van der Waals surface area contributed by atoms with Crippen molar-refractivity contribution in [1.29, 1.82) is 0 Å². The van der Waals surface area contributed by atoms with E-state index in [1.165, 1.54) is 12.1 Å². The van der Waals surface area contributed by atoms with E-state index in [1.54, 1.807) is 12.1 Å². The van der Waals surface area contributed by atoms with Crippen LogP contribution >= 0.6 is 0 Å². The zero-order valence-electron chi connectivity index (χ0n) is 23.1. The molecule has 4 N–H and O–H groups in total. The first-order valence-corrected chi connectivity index (χ1v) is 13.7. The zero-order valence-corrected chi connectivity index (χ0v) is 23.1. The number of hydrogen-bond acceptors (Lipinski definition) is 4. The molecule has 0 aliphatic heterocycles. The number of nitrogens with zero attached hydrogens (tertiary/aromatic N) is 1. The van der Waals surface area contributed by atoms with Gasteiger partial charge in [-0.25, -0.2) is 4.39 Å². The molecule has 3 aromatic carbocycles. The number of anilines is 1. The second-order valence-electron chi connectivity index (χ2n) is 10.4. The van der Waals surface area contributed by atoms with E-state index in [-0.39, 0.29) is 88.4 Å². The molecule has 0 saturated carbocycles. The van der Waals surface area contributed by atoms with Crippen LogP contribution < -0.4 is 5.32 Å². The van der Waals surface area contributed by atoms with Crippen molar-refractivity contribution < 1.29 is 29.3 Å². The molecule has 42 heavy (non-hydrogen) atoms. The number of carbonyl (C=O) groups is 2. The number of carboxylic acid groups (broad SMARTS) is 1. The average Bonchev–Trinajstić information content (AvgIpc) is 3.28. The number of rotatable bonds is 12. The number of halogens is 1. The molecule has 9 heteroatoms. The van der Waals surface area contributed by atoms with Crippen LogP contribution in [0.2, 0.25) is 0 Å². The van der Waals surface area contributed by atoms with E-state index in [4.69, 9.17) is 5.11 Å². The third-order valence-electron chi connectivity index (χ3n) is 6.93. The Morgan fingerprint density at radius 2 is 1.45 bits per heavy atom. The van der Waals surface area contributed by atoms with Crippen LogP contribution in [0.4, 0.5) is 10.1 Å². The number of nitrogens with one attached hydrogen (secondary N) is 1. The third-order valence-corrected chi connectivity index (χ3v) is 6.93. The van der Waals surface area contributed by atoms with E-state index in [9.17, 15) is 24.2 Å². The van der Waals surface area contributed by atoms with Crippen molar-refractivity contribution in [3.8, 4) is 22.4 Å². The standard InChI is InChI=1S/C33H35FN2O5.K.H/c1-21(2)31-30(33(41)35-25-11-7-4-8-12-25)29(22-9-5-3-6-10-22)32(23-13-15-24(34)16-14-23)36(31)18-17-26(37)19-27(38)20-28(39)40;;/h3-16,21,26-27,37-38H,17-20H2,1-2H3,(H,35,41)(H,39,40);;/t26-,27-;;/m1../s1. The molecule has 4 rings (SSSR count). The third kappa shape index (κ3) is 8.47. The number of para-hydroxylation sites is 1. The summed E-state index contributed by atoms with van der Waals surface area (Å²) in [5.41, 5.74) is 4.77. The normalized spacial score (nSPS) is 12.4. The van der Waals surface area contributed by atoms with E-state index in [2.05, 4.69) is 5.32 Å². The number of carbonyl (C=O) groups excluding carboxylic acids is 1. The molecular formula is C33H36FKN2O5. The van der Waals surface area contributed by atoms with Crippen molar-refractivity contribution >= 4 is 68.9 Å². The molecule has 0 saturated heterocycles. The Bertz CT molecular complexity index is 1470. The van der Waals surface area contributed by atoms with E-state index in [1.807, 2.05) is 79.1 Å². The van der Waals surface area contributed by atoms with Crippen LogP contribution in [0.15, 0.2) is 84.9 Å². The number of hydrogen-bond donors (Lipinski definition) is 4. The Morgan fingerprint density at radius 1 is 0.857 bits per heavy atom. The molecule has 0 unspecified atom stereocenters. The van der Waals surface area contributed by atoms with Crippen molar-refractivity contribution in [2.45, 2.75) is 57.8 Å². The predicted octanol–water partition coefficient (Wildman–Crippen LogP) is 5.67. The van der Waals surface area contributed by atoms with Crippen LogP contribution in [0.5, 0.6) is 0 Å². The minimum absolute atomic E-state index is 0. The molecule has 0 fully saturated rings. The summed E-state index contributed by atoms with van der Waals surface area (Å²) in [7, 11) is 0. The molecule has 0 aliphatic carbocycles. The van der Waals surface area contributed by atoms with Crippen LogP contribution in [0.3, 0.4) is 0 Å². The molecule has 0 spiro atoms. The van der Waals surface area contributed by atoms with Gasteiger partial charge in [0.15, 0.2) is 0 Å². The van der Waals surface area contributed by atoms with Crippen molar-refractivity contribution in [3.05, 3.63) is 102 Å². The van der Waals surface area contributed by atoms with Gasteiger partial charge in [0.2, 0.25) is 0 Å². The second kappa shape index (κ2) is 15.7. The van der Waals surface area contributed by atoms with Gasteiger partial charge in [0.1, 0.15) is 5.82 Å². The fraction of sp³-hybridized carbons (Fsp3) is 0.273. The maximum atomic E-state index is 14.0. The van der Waals surface area contributed by atoms with E-state index in [0.717, 1.165) is 11.3 Å². The van der Waals surface area contributed by atoms with Crippen LogP contribution in [0.25, 0.3) is 22.4 Å². The molecule has 7 nitrogen and oxygen atoms in total. The Labute approximate surface area is 287 Å². The van der Waals surface area contributed by atoms with Gasteiger partial charge in [0.25, 0.3) is 5.91 Å². The number of aliphatic hydroxyl groups is 2. The molecule has 0 aliphatic rings. The fourth-order valence-corrected chi connectivity index (χ4v) is 5.20. The van der Waals surface area contributed by atoms with Crippen molar-refractivity contribution in [2.24, 2.45) is 0 Å². The Hall–Kier alpha value is -2.63. The Kier molecular flexibility index (Phi) is 12.7. The topological polar surface area (TPSA) is 112 Å². The summed E-state index contributed by atoms with van der Waals surface area (Å²) in [5, 5.41) is 32.8. The molecular weight excluding hydrogens is 562 g/mol. The van der Waals surface area contributed by atoms with Gasteiger partial charge in [-0.3, -0.25) is 9.59 Å². The molecule has 2 atom stereocenters.